The van der Waals surface area contributed by atoms with Crippen molar-refractivity contribution >= 4 is 22.3 Å². The van der Waals surface area contributed by atoms with E-state index in [0.29, 0.717) is 16.2 Å². The number of nitrogens with zero attached hydrogens (tertiary/aromatic N) is 2. The van der Waals surface area contributed by atoms with Gasteiger partial charge in [-0.3, -0.25) is 4.79 Å². The number of hydrogen-bond donors (Lipinski definition) is 1. The zero-order valence-corrected chi connectivity index (χ0v) is 18.3. The molecule has 0 unspecified atom stereocenters. The maximum atomic E-state index is 12.9. The molecule has 2 aromatic carbocycles. The molecule has 2 heterocycles. The van der Waals surface area contributed by atoms with Crippen molar-refractivity contribution in [2.75, 3.05) is 6.54 Å². The third-order valence-corrected chi connectivity index (χ3v) is 5.12. The molecule has 9 nitrogen and oxygen atoms in total. The zero-order valence-electron chi connectivity index (χ0n) is 15.5. The second-order valence-corrected chi connectivity index (χ2v) is 7.46. The van der Waals surface area contributed by atoms with Crippen LogP contribution >= 0.6 is 0 Å². The first kappa shape index (κ1) is 21.8. The van der Waals surface area contributed by atoms with E-state index < -0.39 is 34.4 Å². The Kier molecular flexibility index (Phi) is 6.32. The quantitative estimate of drug-likeness (QED) is 0.344. The van der Waals surface area contributed by atoms with Crippen LogP contribution in [0.2, 0.25) is 0 Å². The van der Waals surface area contributed by atoms with E-state index in [1.807, 2.05) is 30.3 Å². The van der Waals surface area contributed by atoms with Crippen LogP contribution in [-0.4, -0.2) is 41.4 Å². The van der Waals surface area contributed by atoms with Crippen LogP contribution in [0.3, 0.4) is 0 Å². The average Bonchev–Trinajstić information content (AvgIpc) is 2.93. The van der Waals surface area contributed by atoms with E-state index in [9.17, 15) is 22.6 Å². The largest absolute Gasteiger partial charge is 1.00 e. The van der Waals surface area contributed by atoms with E-state index >= 15 is 0 Å². The zero-order chi connectivity index (χ0) is 19.9. The third kappa shape index (κ3) is 4.32. The summed E-state index contributed by atoms with van der Waals surface area (Å²) in [5, 5.41) is 3.34. The van der Waals surface area contributed by atoms with Crippen LogP contribution in [0.1, 0.15) is 28.8 Å². The summed E-state index contributed by atoms with van der Waals surface area (Å²) in [6, 6.07) is 13.5. The second kappa shape index (κ2) is 8.42. The van der Waals surface area contributed by atoms with Crippen molar-refractivity contribution in [2.24, 2.45) is 0 Å². The molecular formula is C18H16N3NaO6S. The van der Waals surface area contributed by atoms with E-state index in [1.54, 1.807) is 24.3 Å². The molecule has 2 aliphatic heterocycles. The minimum atomic E-state index is -5.14. The van der Waals surface area contributed by atoms with Crippen LogP contribution in [0.4, 0.5) is 4.79 Å². The molecule has 11 heteroatoms. The van der Waals surface area contributed by atoms with Crippen molar-refractivity contribution in [3.63, 3.8) is 0 Å². The molecule has 2 atom stereocenters. The molecule has 0 aromatic heterocycles. The van der Waals surface area contributed by atoms with Gasteiger partial charge in [0.25, 0.3) is 0 Å². The van der Waals surface area contributed by atoms with Crippen LogP contribution in [-0.2, 0) is 26.0 Å². The molecule has 1 saturated heterocycles. The van der Waals surface area contributed by atoms with Gasteiger partial charge in [-0.1, -0.05) is 54.6 Å². The Morgan fingerprint density at radius 2 is 1.72 bits per heavy atom. The predicted octanol–water partition coefficient (Wildman–Crippen LogP) is -1.77. The summed E-state index contributed by atoms with van der Waals surface area (Å²) in [5.74, 6) is -0.407. The fourth-order valence-electron chi connectivity index (χ4n) is 3.62. The summed E-state index contributed by atoms with van der Waals surface area (Å²) < 4.78 is 37.5. The topological polar surface area (TPSA) is 119 Å². The number of amides is 3. The molecule has 1 N–H and O–H groups in total. The van der Waals surface area contributed by atoms with Gasteiger partial charge in [0.15, 0.2) is 0 Å². The second-order valence-electron chi connectivity index (χ2n) is 6.49. The predicted molar refractivity (Wildman–Crippen MR) is 94.9 cm³/mol. The molecule has 3 amide bonds. The molecule has 0 radical (unpaired) electrons. The van der Waals surface area contributed by atoms with Gasteiger partial charge in [-0.05, 0) is 16.7 Å². The normalized spacial score (nSPS) is 20.1. The fraction of sp³-hybridized carbons (Fsp3) is 0.222. The summed E-state index contributed by atoms with van der Waals surface area (Å²) >= 11 is 0. The first-order chi connectivity index (χ1) is 13.3. The fourth-order valence-corrected chi connectivity index (χ4v) is 3.98. The summed E-state index contributed by atoms with van der Waals surface area (Å²) in [6.07, 6.45) is 0. The van der Waals surface area contributed by atoms with E-state index in [1.165, 1.54) is 4.90 Å². The van der Waals surface area contributed by atoms with Crippen molar-refractivity contribution < 1.29 is 56.4 Å². The average molecular weight is 425 g/mol. The molecule has 29 heavy (non-hydrogen) atoms. The van der Waals surface area contributed by atoms with Gasteiger partial charge in [-0.2, -0.15) is 9.35 Å². The van der Waals surface area contributed by atoms with Crippen molar-refractivity contribution in [2.45, 2.75) is 18.6 Å². The molecule has 0 aliphatic carbocycles. The number of benzene rings is 2. The molecule has 0 saturated carbocycles. The maximum Gasteiger partial charge on any atom is 1.00 e. The molecule has 0 spiro atoms. The number of nitrogens with one attached hydrogen (secondary N) is 1. The summed E-state index contributed by atoms with van der Waals surface area (Å²) in [4.78, 5) is 26.8. The van der Waals surface area contributed by atoms with Gasteiger partial charge < -0.3 is 14.8 Å². The molecular weight excluding hydrogens is 409 g/mol. The first-order valence-corrected chi connectivity index (χ1v) is 9.84. The van der Waals surface area contributed by atoms with Crippen LogP contribution in [0, 0.1) is 0 Å². The van der Waals surface area contributed by atoms with E-state index in [0.717, 1.165) is 5.56 Å². The van der Waals surface area contributed by atoms with Gasteiger partial charge in [0.05, 0.1) is 6.54 Å². The Morgan fingerprint density at radius 3 is 2.38 bits per heavy atom. The van der Waals surface area contributed by atoms with E-state index in [-0.39, 0.29) is 42.6 Å². The van der Waals surface area contributed by atoms with Gasteiger partial charge in [0.1, 0.15) is 12.1 Å². The minimum absolute atomic E-state index is 0. The molecule has 146 valence electrons. The molecule has 2 aliphatic rings. The van der Waals surface area contributed by atoms with Crippen molar-refractivity contribution in [1.82, 2.24) is 15.3 Å². The van der Waals surface area contributed by atoms with Crippen molar-refractivity contribution in [3.05, 3.63) is 71.3 Å². The standard InChI is InChI=1S/C18H17N3O6S.Na/c22-17(19-10-12-6-2-1-3-7-12)16-14-9-5-4-8-13(14)15-11-20(16)18(23)21(15)27-28(24,25)26;/h1-9,15-16H,10-11H2,(H,19,22)(H,24,25,26);/q;+1/p-1/t15-,16+;/m0./s1. The number of fused-ring (bicyclic) bond motifs is 4. The van der Waals surface area contributed by atoms with E-state index in [4.69, 9.17) is 0 Å². The number of urea groups is 1. The Balaban J connectivity index is 0.00000240. The summed E-state index contributed by atoms with van der Waals surface area (Å²) in [7, 11) is -5.14. The van der Waals surface area contributed by atoms with Crippen molar-refractivity contribution in [3.8, 4) is 0 Å². The van der Waals surface area contributed by atoms with Gasteiger partial charge >= 0.3 is 35.6 Å². The molecule has 2 bridgehead atoms. The van der Waals surface area contributed by atoms with Gasteiger partial charge in [-0.25, -0.2) is 13.2 Å². The number of hydrogen-bond acceptors (Lipinski definition) is 6. The van der Waals surface area contributed by atoms with Gasteiger partial charge in [0.2, 0.25) is 16.3 Å². The Morgan fingerprint density at radius 1 is 1.10 bits per heavy atom. The first-order valence-electron chi connectivity index (χ1n) is 8.51. The minimum Gasteiger partial charge on any atom is -0.724 e. The Bertz CT molecular complexity index is 1030. The SMILES string of the molecule is O=C(NCc1ccccc1)[C@H]1c2ccccc2[C@@H]2CN1C(=O)N2OS(=O)(=O)[O-].[Na+]. The maximum absolute atomic E-state index is 12.9. The Hall–Kier alpha value is -1.95. The molecule has 2 aromatic rings. The number of hydroxylamine groups is 2. The number of carbonyl (C=O) groups is 2. The summed E-state index contributed by atoms with van der Waals surface area (Å²) in [6.45, 7) is 0.313. The molecule has 4 rings (SSSR count). The number of rotatable bonds is 5. The number of carbonyl (C=O) groups excluding carboxylic acids is 2. The van der Waals surface area contributed by atoms with Crippen LogP contribution in [0.5, 0.6) is 0 Å². The van der Waals surface area contributed by atoms with Gasteiger partial charge in [0, 0.05) is 6.54 Å². The van der Waals surface area contributed by atoms with Crippen molar-refractivity contribution in [1.29, 1.82) is 0 Å². The third-order valence-electron chi connectivity index (χ3n) is 4.78. The van der Waals surface area contributed by atoms with Crippen LogP contribution < -0.4 is 34.9 Å². The van der Waals surface area contributed by atoms with Gasteiger partial charge in [-0.15, -0.1) is 0 Å². The monoisotopic (exact) mass is 425 g/mol. The molecule has 1 fully saturated rings. The van der Waals surface area contributed by atoms with E-state index in [2.05, 4.69) is 9.60 Å². The smallest absolute Gasteiger partial charge is 0.724 e. The summed E-state index contributed by atoms with van der Waals surface area (Å²) in [5.41, 5.74) is 2.02. The van der Waals surface area contributed by atoms with Crippen LogP contribution in [0.25, 0.3) is 0 Å². The Labute approximate surface area is 189 Å². The van der Waals surface area contributed by atoms with Crippen LogP contribution in [0.15, 0.2) is 54.6 Å².